The van der Waals surface area contributed by atoms with E-state index in [1.165, 1.54) is 13.1 Å². The molecule has 0 unspecified atom stereocenters. The number of aryl methyl sites for hydroxylation is 1. The number of anilines is 1. The maximum absolute atomic E-state index is 12.3. The first-order chi connectivity index (χ1) is 10.7. The van der Waals surface area contributed by atoms with Gasteiger partial charge in [0.25, 0.3) is 10.0 Å². The van der Waals surface area contributed by atoms with E-state index in [0.717, 1.165) is 30.2 Å². The van der Waals surface area contributed by atoms with E-state index in [-0.39, 0.29) is 10.8 Å². The van der Waals surface area contributed by atoms with Gasteiger partial charge in [-0.25, -0.2) is 8.42 Å². The highest BCUT2D eigenvalue weighted by atomic mass is 79.9. The van der Waals surface area contributed by atoms with E-state index < -0.39 is 15.9 Å². The van der Waals surface area contributed by atoms with Gasteiger partial charge in [-0.3, -0.25) is 4.79 Å². The number of thiophene rings is 1. The Bertz CT molecular complexity index is 798. The van der Waals surface area contributed by atoms with Gasteiger partial charge >= 0.3 is 0 Å². The Labute approximate surface area is 156 Å². The molecule has 2 rings (SSSR count). The minimum absolute atomic E-state index is 0.213. The summed E-state index contributed by atoms with van der Waals surface area (Å²) in [5, 5.41) is 4.40. The van der Waals surface area contributed by atoms with Crippen LogP contribution >= 0.6 is 43.2 Å². The first kappa shape index (κ1) is 18.6. The predicted molar refractivity (Wildman–Crippen MR) is 99.3 cm³/mol. The number of nitrogens with zero attached hydrogens (tertiary/aromatic N) is 1. The molecule has 9 heteroatoms. The molecule has 0 saturated heterocycles. The molecule has 0 bridgehead atoms. The van der Waals surface area contributed by atoms with Crippen LogP contribution in [0.25, 0.3) is 0 Å². The highest BCUT2D eigenvalue weighted by molar-refractivity contribution is 9.11. The van der Waals surface area contributed by atoms with Crippen LogP contribution in [0, 0.1) is 6.92 Å². The molecular formula is C14H14Br2N2O3S2. The molecule has 0 atom stereocenters. The zero-order valence-electron chi connectivity index (χ0n) is 12.3. The molecule has 1 aromatic heterocycles. The number of amides is 1. The van der Waals surface area contributed by atoms with Crippen LogP contribution in [0.5, 0.6) is 0 Å². The lowest BCUT2D eigenvalue weighted by Crippen LogP contribution is -2.34. The predicted octanol–water partition coefficient (Wildman–Crippen LogP) is 3.84. The van der Waals surface area contributed by atoms with Crippen LogP contribution in [-0.2, 0) is 14.8 Å². The number of likely N-dealkylation sites (N-methyl/N-ethyl adjacent to an activating group) is 1. The summed E-state index contributed by atoms with van der Waals surface area (Å²) in [6.45, 7) is 1.66. The molecule has 2 aromatic rings. The molecule has 1 amide bonds. The van der Waals surface area contributed by atoms with Crippen molar-refractivity contribution >= 4 is 64.8 Å². The van der Waals surface area contributed by atoms with Crippen molar-refractivity contribution in [1.29, 1.82) is 0 Å². The molecule has 1 aromatic carbocycles. The number of hydrogen-bond donors (Lipinski definition) is 1. The van der Waals surface area contributed by atoms with Crippen molar-refractivity contribution in [3.05, 3.63) is 44.2 Å². The van der Waals surface area contributed by atoms with Gasteiger partial charge in [0.1, 0.15) is 4.21 Å². The molecule has 1 N–H and O–H groups in total. The highest BCUT2D eigenvalue weighted by Crippen LogP contribution is 2.32. The van der Waals surface area contributed by atoms with E-state index >= 15 is 0 Å². The number of rotatable bonds is 5. The molecule has 0 spiro atoms. The molecule has 0 aliphatic rings. The van der Waals surface area contributed by atoms with Crippen molar-refractivity contribution in [3.63, 3.8) is 0 Å². The Morgan fingerprint density at radius 2 is 1.91 bits per heavy atom. The normalized spacial score (nSPS) is 11.7. The van der Waals surface area contributed by atoms with Crippen LogP contribution in [0.1, 0.15) is 5.56 Å². The molecule has 23 heavy (non-hydrogen) atoms. The average molecular weight is 482 g/mol. The molecule has 0 aliphatic carbocycles. The third kappa shape index (κ3) is 4.42. The van der Waals surface area contributed by atoms with Crippen molar-refractivity contribution in [2.24, 2.45) is 0 Å². The SMILES string of the molecule is Cc1cc(Br)c(NC(=O)CN(C)S(=O)(=O)c2cccs2)c(Br)c1. The van der Waals surface area contributed by atoms with Crippen molar-refractivity contribution in [2.45, 2.75) is 11.1 Å². The van der Waals surface area contributed by atoms with E-state index in [4.69, 9.17) is 0 Å². The summed E-state index contributed by atoms with van der Waals surface area (Å²) in [7, 11) is -2.26. The van der Waals surface area contributed by atoms with Gasteiger partial charge in [0.2, 0.25) is 5.91 Å². The lowest BCUT2D eigenvalue weighted by atomic mass is 10.2. The summed E-state index contributed by atoms with van der Waals surface area (Å²) in [5.41, 5.74) is 1.60. The molecular weight excluding hydrogens is 468 g/mol. The summed E-state index contributed by atoms with van der Waals surface area (Å²) in [5.74, 6) is -0.419. The van der Waals surface area contributed by atoms with Crippen LogP contribution in [0.2, 0.25) is 0 Å². The molecule has 1 heterocycles. The fraction of sp³-hybridized carbons (Fsp3) is 0.214. The third-order valence-corrected chi connectivity index (χ3v) is 7.40. The van der Waals surface area contributed by atoms with E-state index in [2.05, 4.69) is 37.2 Å². The van der Waals surface area contributed by atoms with Gasteiger partial charge in [-0.05, 0) is 67.9 Å². The van der Waals surface area contributed by atoms with E-state index in [9.17, 15) is 13.2 Å². The summed E-state index contributed by atoms with van der Waals surface area (Å²) < 4.78 is 27.3. The monoisotopic (exact) mass is 480 g/mol. The number of sulfonamides is 1. The number of benzene rings is 1. The van der Waals surface area contributed by atoms with Crippen molar-refractivity contribution < 1.29 is 13.2 Å². The van der Waals surface area contributed by atoms with Gasteiger partial charge in [-0.15, -0.1) is 11.3 Å². The van der Waals surface area contributed by atoms with Gasteiger partial charge in [0, 0.05) is 16.0 Å². The van der Waals surface area contributed by atoms with Crippen molar-refractivity contribution in [1.82, 2.24) is 4.31 Å². The first-order valence-corrected chi connectivity index (χ1v) is 10.4. The number of nitrogens with one attached hydrogen (secondary N) is 1. The van der Waals surface area contributed by atoms with Crippen LogP contribution in [0.15, 0.2) is 42.8 Å². The van der Waals surface area contributed by atoms with E-state index in [0.29, 0.717) is 5.69 Å². The Morgan fingerprint density at radius 3 is 2.43 bits per heavy atom. The second kappa shape index (κ2) is 7.43. The number of hydrogen-bond acceptors (Lipinski definition) is 4. The molecule has 0 fully saturated rings. The van der Waals surface area contributed by atoms with Gasteiger partial charge in [0.05, 0.1) is 12.2 Å². The molecule has 5 nitrogen and oxygen atoms in total. The lowest BCUT2D eigenvalue weighted by molar-refractivity contribution is -0.116. The number of halogens is 2. The quantitative estimate of drug-likeness (QED) is 0.705. The minimum Gasteiger partial charge on any atom is -0.323 e. The second-order valence-corrected chi connectivity index (χ2v) is 9.77. The zero-order chi connectivity index (χ0) is 17.2. The van der Waals surface area contributed by atoms with Crippen molar-refractivity contribution in [3.8, 4) is 0 Å². The fourth-order valence-electron chi connectivity index (χ4n) is 1.85. The van der Waals surface area contributed by atoms with Gasteiger partial charge in [-0.1, -0.05) is 6.07 Å². The Balaban J connectivity index is 2.11. The Morgan fingerprint density at radius 1 is 1.30 bits per heavy atom. The molecule has 0 aliphatic heterocycles. The largest absolute Gasteiger partial charge is 0.323 e. The van der Waals surface area contributed by atoms with E-state index in [1.807, 2.05) is 19.1 Å². The standard InChI is InChI=1S/C14H14Br2N2O3S2/c1-9-6-10(15)14(11(16)7-9)17-12(19)8-18(2)23(20,21)13-4-3-5-22-13/h3-7H,8H2,1-2H3,(H,17,19). The molecule has 0 saturated carbocycles. The second-order valence-electron chi connectivity index (χ2n) is 4.84. The smallest absolute Gasteiger partial charge is 0.252 e. The highest BCUT2D eigenvalue weighted by Gasteiger charge is 2.24. The maximum atomic E-state index is 12.3. The first-order valence-electron chi connectivity index (χ1n) is 6.47. The Kier molecular flexibility index (Phi) is 6.01. The van der Waals surface area contributed by atoms with Crippen molar-refractivity contribution in [2.75, 3.05) is 18.9 Å². The van der Waals surface area contributed by atoms with Crippen LogP contribution in [0.3, 0.4) is 0 Å². The minimum atomic E-state index is -3.64. The summed E-state index contributed by atoms with van der Waals surface area (Å²) in [6.07, 6.45) is 0. The topological polar surface area (TPSA) is 66.5 Å². The van der Waals surface area contributed by atoms with E-state index in [1.54, 1.807) is 11.4 Å². The lowest BCUT2D eigenvalue weighted by Gasteiger charge is -2.17. The van der Waals surface area contributed by atoms with Gasteiger partial charge in [0.15, 0.2) is 0 Å². The number of carbonyl (C=O) groups excluding carboxylic acids is 1. The average Bonchev–Trinajstić information content (AvgIpc) is 2.97. The third-order valence-electron chi connectivity index (χ3n) is 2.98. The summed E-state index contributed by atoms with van der Waals surface area (Å²) in [6, 6.07) is 6.91. The fourth-order valence-corrected chi connectivity index (χ4v) is 5.79. The van der Waals surface area contributed by atoms with Gasteiger partial charge < -0.3 is 5.32 Å². The summed E-state index contributed by atoms with van der Waals surface area (Å²) >= 11 is 7.90. The number of carbonyl (C=O) groups is 1. The molecule has 0 radical (unpaired) electrons. The van der Waals surface area contributed by atoms with Crippen LogP contribution in [-0.4, -0.2) is 32.2 Å². The van der Waals surface area contributed by atoms with Gasteiger partial charge in [-0.2, -0.15) is 4.31 Å². The van der Waals surface area contributed by atoms with Crippen LogP contribution in [0.4, 0.5) is 5.69 Å². The van der Waals surface area contributed by atoms with Crippen LogP contribution < -0.4 is 5.32 Å². The zero-order valence-corrected chi connectivity index (χ0v) is 17.1. The Hall–Kier alpha value is -0.740. The maximum Gasteiger partial charge on any atom is 0.252 e. The molecule has 124 valence electrons. The summed E-state index contributed by atoms with van der Waals surface area (Å²) in [4.78, 5) is 12.2.